The zero-order chi connectivity index (χ0) is 12.8. The smallest absolute Gasteiger partial charge is 0.311 e. The van der Waals surface area contributed by atoms with Gasteiger partial charge in [-0.25, -0.2) is 4.98 Å². The average Bonchev–Trinajstić information content (AvgIpc) is 2.61. The van der Waals surface area contributed by atoms with E-state index in [1.165, 1.54) is 6.07 Å². The zero-order valence-electron chi connectivity index (χ0n) is 10.5. The van der Waals surface area contributed by atoms with Gasteiger partial charge in [-0.05, 0) is 16.9 Å². The number of hydrogen-bond donors (Lipinski definition) is 1. The topological polar surface area (TPSA) is 68.1 Å². The fraction of sp³-hybridized carbons (Fsp3) is 0.583. The Morgan fingerprint density at radius 3 is 2.41 bits per heavy atom. The van der Waals surface area contributed by atoms with Crippen LogP contribution >= 0.6 is 0 Å². The molecule has 0 aliphatic heterocycles. The number of pyridine rings is 1. The maximum atomic E-state index is 10.9. The van der Waals surface area contributed by atoms with Crippen molar-refractivity contribution >= 4 is 11.5 Å². The van der Waals surface area contributed by atoms with Crippen molar-refractivity contribution in [2.75, 3.05) is 5.32 Å². The lowest BCUT2D eigenvalue weighted by atomic mass is 10.0. The summed E-state index contributed by atoms with van der Waals surface area (Å²) in [6, 6.07) is 3.26. The van der Waals surface area contributed by atoms with E-state index in [4.69, 9.17) is 0 Å². The Balaban J connectivity index is 2.25. The van der Waals surface area contributed by atoms with Crippen LogP contribution in [0.3, 0.4) is 0 Å². The molecule has 1 aliphatic carbocycles. The van der Waals surface area contributed by atoms with Crippen LogP contribution in [0.5, 0.6) is 0 Å². The summed E-state index contributed by atoms with van der Waals surface area (Å²) in [5.74, 6) is 0.362. The number of anilines is 1. The van der Waals surface area contributed by atoms with Crippen LogP contribution in [0.25, 0.3) is 0 Å². The second kappa shape index (κ2) is 3.42. The Hall–Kier alpha value is -1.65. The van der Waals surface area contributed by atoms with Crippen molar-refractivity contribution in [3.63, 3.8) is 0 Å². The van der Waals surface area contributed by atoms with E-state index in [0.29, 0.717) is 5.82 Å². The van der Waals surface area contributed by atoms with Crippen molar-refractivity contribution in [2.45, 2.75) is 33.7 Å². The molecule has 0 atom stereocenters. The molecule has 92 valence electrons. The number of nitrogens with zero attached hydrogens (tertiary/aromatic N) is 2. The van der Waals surface area contributed by atoms with E-state index in [0.717, 1.165) is 0 Å². The van der Waals surface area contributed by atoms with Crippen LogP contribution < -0.4 is 5.32 Å². The minimum absolute atomic E-state index is 0.0333. The first kappa shape index (κ1) is 11.8. The third-order valence-electron chi connectivity index (χ3n) is 4.28. The van der Waals surface area contributed by atoms with Crippen molar-refractivity contribution in [2.24, 2.45) is 10.8 Å². The van der Waals surface area contributed by atoms with Crippen LogP contribution in [0, 0.1) is 20.9 Å². The highest BCUT2D eigenvalue weighted by molar-refractivity contribution is 5.57. The van der Waals surface area contributed by atoms with Gasteiger partial charge >= 0.3 is 5.69 Å². The SMILES string of the molecule is CC1(C)C(Nc2ncccc2[N+](=O)[O-])C1(C)C. The van der Waals surface area contributed by atoms with E-state index in [1.807, 2.05) is 0 Å². The third kappa shape index (κ3) is 1.66. The van der Waals surface area contributed by atoms with Crippen LogP contribution in [0.2, 0.25) is 0 Å². The Kier molecular flexibility index (Phi) is 2.38. The van der Waals surface area contributed by atoms with E-state index in [9.17, 15) is 10.1 Å². The van der Waals surface area contributed by atoms with Gasteiger partial charge in [0.2, 0.25) is 5.82 Å². The largest absolute Gasteiger partial charge is 0.360 e. The van der Waals surface area contributed by atoms with Crippen LogP contribution in [0.1, 0.15) is 27.7 Å². The summed E-state index contributed by atoms with van der Waals surface area (Å²) in [7, 11) is 0. The van der Waals surface area contributed by atoms with Crippen LogP contribution in [-0.4, -0.2) is 15.9 Å². The van der Waals surface area contributed by atoms with Gasteiger partial charge in [-0.1, -0.05) is 27.7 Å². The minimum atomic E-state index is -0.405. The molecule has 1 aromatic heterocycles. The highest BCUT2D eigenvalue weighted by atomic mass is 16.6. The molecule has 17 heavy (non-hydrogen) atoms. The lowest BCUT2D eigenvalue weighted by Crippen LogP contribution is -2.12. The Labute approximate surface area is 100 Å². The molecule has 0 radical (unpaired) electrons. The Bertz CT molecular complexity index is 455. The standard InChI is InChI=1S/C12H17N3O2/c1-11(2)10(12(11,3)4)14-9-8(15(16)17)6-5-7-13-9/h5-7,10H,1-4H3,(H,13,14). The van der Waals surface area contributed by atoms with Crippen molar-refractivity contribution in [1.29, 1.82) is 0 Å². The van der Waals surface area contributed by atoms with Gasteiger partial charge < -0.3 is 5.32 Å². The van der Waals surface area contributed by atoms with E-state index >= 15 is 0 Å². The average molecular weight is 235 g/mol. The quantitative estimate of drug-likeness (QED) is 0.646. The highest BCUT2D eigenvalue weighted by Gasteiger charge is 2.65. The molecule has 1 N–H and O–H groups in total. The summed E-state index contributed by atoms with van der Waals surface area (Å²) in [5, 5.41) is 14.1. The molecule has 0 bridgehead atoms. The van der Waals surface area contributed by atoms with E-state index in [2.05, 4.69) is 38.0 Å². The second-order valence-electron chi connectivity index (χ2n) is 5.65. The maximum Gasteiger partial charge on any atom is 0.311 e. The van der Waals surface area contributed by atoms with Gasteiger partial charge in [0.1, 0.15) is 0 Å². The third-order valence-corrected chi connectivity index (χ3v) is 4.28. The van der Waals surface area contributed by atoms with Gasteiger partial charge in [0.25, 0.3) is 0 Å². The molecule has 0 unspecified atom stereocenters. The normalized spacial score (nSPS) is 20.9. The fourth-order valence-corrected chi connectivity index (χ4v) is 2.35. The number of nitro groups is 1. The van der Waals surface area contributed by atoms with Crippen LogP contribution in [0.15, 0.2) is 18.3 Å². The molecule has 0 amide bonds. The van der Waals surface area contributed by atoms with Gasteiger partial charge in [-0.2, -0.15) is 0 Å². The summed E-state index contributed by atoms with van der Waals surface area (Å²) in [4.78, 5) is 14.5. The highest BCUT2D eigenvalue weighted by Crippen LogP contribution is 2.63. The number of rotatable bonds is 3. The Morgan fingerprint density at radius 2 is 1.94 bits per heavy atom. The van der Waals surface area contributed by atoms with Gasteiger partial charge in [-0.15, -0.1) is 0 Å². The molecule has 2 rings (SSSR count). The Morgan fingerprint density at radius 1 is 1.35 bits per heavy atom. The fourth-order valence-electron chi connectivity index (χ4n) is 2.35. The zero-order valence-corrected chi connectivity index (χ0v) is 10.5. The predicted molar refractivity (Wildman–Crippen MR) is 65.9 cm³/mol. The summed E-state index contributed by atoms with van der Waals surface area (Å²) in [5.41, 5.74) is 0.280. The van der Waals surface area contributed by atoms with Crippen molar-refractivity contribution in [3.8, 4) is 0 Å². The monoisotopic (exact) mass is 235 g/mol. The summed E-state index contributed by atoms with van der Waals surface area (Å²) in [6.45, 7) is 8.61. The van der Waals surface area contributed by atoms with E-state index < -0.39 is 4.92 Å². The molecule has 1 fully saturated rings. The first-order chi connectivity index (χ1) is 7.78. The summed E-state index contributed by atoms with van der Waals surface area (Å²) >= 11 is 0. The molecule has 1 aliphatic rings. The van der Waals surface area contributed by atoms with Crippen molar-refractivity contribution < 1.29 is 4.92 Å². The molecule has 1 saturated carbocycles. The minimum Gasteiger partial charge on any atom is -0.360 e. The molecule has 5 heteroatoms. The van der Waals surface area contributed by atoms with Gasteiger partial charge in [0.05, 0.1) is 4.92 Å². The van der Waals surface area contributed by atoms with Gasteiger partial charge in [0.15, 0.2) is 0 Å². The molecular formula is C12H17N3O2. The lowest BCUT2D eigenvalue weighted by Gasteiger charge is -2.07. The molecule has 1 aromatic rings. The van der Waals surface area contributed by atoms with E-state index in [1.54, 1.807) is 12.3 Å². The van der Waals surface area contributed by atoms with Crippen LogP contribution in [0.4, 0.5) is 11.5 Å². The molecule has 0 spiro atoms. The maximum absolute atomic E-state index is 10.9. The van der Waals surface area contributed by atoms with Crippen molar-refractivity contribution in [1.82, 2.24) is 4.98 Å². The van der Waals surface area contributed by atoms with Gasteiger partial charge in [-0.3, -0.25) is 10.1 Å². The molecule has 1 heterocycles. The lowest BCUT2D eigenvalue weighted by molar-refractivity contribution is -0.384. The molecule has 0 saturated heterocycles. The first-order valence-electron chi connectivity index (χ1n) is 5.64. The molecular weight excluding hydrogens is 218 g/mol. The predicted octanol–water partition coefficient (Wildman–Crippen LogP) is 2.84. The second-order valence-corrected chi connectivity index (χ2v) is 5.65. The van der Waals surface area contributed by atoms with Crippen LogP contribution in [-0.2, 0) is 0 Å². The number of nitrogens with one attached hydrogen (secondary N) is 1. The first-order valence-corrected chi connectivity index (χ1v) is 5.64. The summed E-state index contributed by atoms with van der Waals surface area (Å²) < 4.78 is 0. The number of aromatic nitrogens is 1. The van der Waals surface area contributed by atoms with Gasteiger partial charge in [0, 0.05) is 18.3 Å². The molecule has 5 nitrogen and oxygen atoms in total. The molecule has 0 aromatic carbocycles. The number of hydrogen-bond acceptors (Lipinski definition) is 4. The van der Waals surface area contributed by atoms with Crippen molar-refractivity contribution in [3.05, 3.63) is 28.4 Å². The van der Waals surface area contributed by atoms with E-state index in [-0.39, 0.29) is 22.6 Å². The summed E-state index contributed by atoms with van der Waals surface area (Å²) in [6.07, 6.45) is 1.57.